The van der Waals surface area contributed by atoms with E-state index in [0.717, 1.165) is 10.0 Å². The van der Waals surface area contributed by atoms with Gasteiger partial charge in [0.25, 0.3) is 0 Å². The van der Waals surface area contributed by atoms with Gasteiger partial charge in [-0.15, -0.1) is 0 Å². The topological polar surface area (TPSA) is 58.6 Å². The van der Waals surface area contributed by atoms with Gasteiger partial charge in [-0.1, -0.05) is 40.2 Å². The Morgan fingerprint density at radius 2 is 1.96 bits per heavy atom. The first-order valence-corrected chi connectivity index (χ1v) is 8.91. The number of fused-ring (bicyclic) bond motifs is 1. The van der Waals surface area contributed by atoms with Crippen molar-refractivity contribution in [3.63, 3.8) is 0 Å². The van der Waals surface area contributed by atoms with Gasteiger partial charge < -0.3 is 10.1 Å². The zero-order valence-electron chi connectivity index (χ0n) is 13.9. The highest BCUT2D eigenvalue weighted by atomic mass is 79.9. The first-order valence-electron chi connectivity index (χ1n) is 8.11. The minimum Gasteiger partial charge on any atom is -0.491 e. The van der Waals surface area contributed by atoms with E-state index < -0.39 is 0 Å². The molecule has 2 aromatic rings. The molecular formula is C19H19BrN2O3. The van der Waals surface area contributed by atoms with Crippen molar-refractivity contribution < 1.29 is 14.3 Å². The number of rotatable bonds is 4. The standard InChI is InChI=1S/C19H19BrN2O3/c1-13(14-6-8-15(20)9-7-14)21-18(23)12-22-16-4-2-3-5-17(16)25-11-10-19(22)24/h2-9,13H,10-12H2,1H3,(H,21,23). The Kier molecular flexibility index (Phi) is 5.38. The van der Waals surface area contributed by atoms with E-state index in [4.69, 9.17) is 4.74 Å². The number of hydrogen-bond acceptors (Lipinski definition) is 3. The molecule has 1 unspecified atom stereocenters. The molecule has 1 aliphatic heterocycles. The Bertz CT molecular complexity index is 776. The highest BCUT2D eigenvalue weighted by molar-refractivity contribution is 9.10. The average Bonchev–Trinajstić information content (AvgIpc) is 2.75. The van der Waals surface area contributed by atoms with Crippen LogP contribution in [0.25, 0.3) is 0 Å². The van der Waals surface area contributed by atoms with E-state index in [-0.39, 0.29) is 30.8 Å². The smallest absolute Gasteiger partial charge is 0.240 e. The number of benzene rings is 2. The summed E-state index contributed by atoms with van der Waals surface area (Å²) in [6, 6.07) is 14.9. The lowest BCUT2D eigenvalue weighted by Gasteiger charge is -2.23. The van der Waals surface area contributed by atoms with Crippen LogP contribution in [0, 0.1) is 0 Å². The first kappa shape index (κ1) is 17.5. The molecule has 5 nitrogen and oxygen atoms in total. The summed E-state index contributed by atoms with van der Waals surface area (Å²) in [4.78, 5) is 26.3. The molecular weight excluding hydrogens is 384 g/mol. The fourth-order valence-corrected chi connectivity index (χ4v) is 3.02. The summed E-state index contributed by atoms with van der Waals surface area (Å²) >= 11 is 3.40. The lowest BCUT2D eigenvalue weighted by atomic mass is 10.1. The largest absolute Gasteiger partial charge is 0.491 e. The van der Waals surface area contributed by atoms with Gasteiger partial charge in [0.15, 0.2) is 0 Å². The van der Waals surface area contributed by atoms with Crippen molar-refractivity contribution in [2.75, 3.05) is 18.1 Å². The van der Waals surface area contributed by atoms with E-state index >= 15 is 0 Å². The van der Waals surface area contributed by atoms with E-state index in [1.165, 1.54) is 4.90 Å². The Hall–Kier alpha value is -2.34. The minimum atomic E-state index is -0.208. The van der Waals surface area contributed by atoms with Crippen LogP contribution in [0.2, 0.25) is 0 Å². The quantitative estimate of drug-likeness (QED) is 0.851. The molecule has 3 rings (SSSR count). The average molecular weight is 403 g/mol. The summed E-state index contributed by atoms with van der Waals surface area (Å²) in [6.45, 7) is 2.21. The second-order valence-electron chi connectivity index (χ2n) is 5.89. The summed E-state index contributed by atoms with van der Waals surface area (Å²) in [7, 11) is 0. The van der Waals surface area contributed by atoms with Crippen LogP contribution >= 0.6 is 15.9 Å². The third-order valence-electron chi connectivity index (χ3n) is 4.08. The van der Waals surface area contributed by atoms with Crippen LogP contribution < -0.4 is 15.0 Å². The van der Waals surface area contributed by atoms with E-state index in [1.54, 1.807) is 6.07 Å². The monoisotopic (exact) mass is 402 g/mol. The minimum absolute atomic E-state index is 0.0277. The highest BCUT2D eigenvalue weighted by Gasteiger charge is 2.25. The zero-order valence-corrected chi connectivity index (χ0v) is 15.5. The van der Waals surface area contributed by atoms with Crippen molar-refractivity contribution in [1.29, 1.82) is 0 Å². The molecule has 0 aromatic heterocycles. The van der Waals surface area contributed by atoms with Crippen LogP contribution in [0.3, 0.4) is 0 Å². The van der Waals surface area contributed by atoms with E-state index in [1.807, 2.05) is 49.4 Å². The molecule has 2 amide bonds. The molecule has 25 heavy (non-hydrogen) atoms. The number of nitrogens with zero attached hydrogens (tertiary/aromatic N) is 1. The molecule has 2 aromatic carbocycles. The summed E-state index contributed by atoms with van der Waals surface area (Å²) in [5.41, 5.74) is 1.64. The van der Waals surface area contributed by atoms with E-state index in [0.29, 0.717) is 18.0 Å². The van der Waals surface area contributed by atoms with Crippen LogP contribution in [-0.4, -0.2) is 25.0 Å². The van der Waals surface area contributed by atoms with Gasteiger partial charge in [-0.2, -0.15) is 0 Å². The third kappa shape index (κ3) is 4.20. The maximum absolute atomic E-state index is 12.5. The van der Waals surface area contributed by atoms with Crippen LogP contribution in [0.1, 0.15) is 24.9 Å². The summed E-state index contributed by atoms with van der Waals surface area (Å²) in [5, 5.41) is 2.95. The highest BCUT2D eigenvalue weighted by Crippen LogP contribution is 2.30. The molecule has 0 saturated heterocycles. The molecule has 0 spiro atoms. The predicted octanol–water partition coefficient (Wildman–Crippen LogP) is 3.44. The number of para-hydroxylation sites is 2. The molecule has 0 radical (unpaired) electrons. The van der Waals surface area contributed by atoms with Crippen LogP contribution in [0.5, 0.6) is 5.75 Å². The summed E-state index contributed by atoms with van der Waals surface area (Å²) < 4.78 is 6.58. The molecule has 6 heteroatoms. The number of amides is 2. The molecule has 1 N–H and O–H groups in total. The Morgan fingerprint density at radius 1 is 1.24 bits per heavy atom. The number of anilines is 1. The van der Waals surface area contributed by atoms with Crippen molar-refractivity contribution in [3.05, 3.63) is 58.6 Å². The molecule has 130 valence electrons. The van der Waals surface area contributed by atoms with Gasteiger partial charge in [-0.25, -0.2) is 0 Å². The maximum Gasteiger partial charge on any atom is 0.240 e. The van der Waals surface area contributed by atoms with Gasteiger partial charge >= 0.3 is 0 Å². The van der Waals surface area contributed by atoms with Crippen LogP contribution in [0.4, 0.5) is 5.69 Å². The second kappa shape index (κ2) is 7.70. The summed E-state index contributed by atoms with van der Waals surface area (Å²) in [6.07, 6.45) is 0.254. The second-order valence-corrected chi connectivity index (χ2v) is 6.80. The third-order valence-corrected chi connectivity index (χ3v) is 4.61. The Labute approximate surface area is 155 Å². The van der Waals surface area contributed by atoms with Gasteiger partial charge in [0.1, 0.15) is 12.3 Å². The van der Waals surface area contributed by atoms with Crippen molar-refractivity contribution in [2.45, 2.75) is 19.4 Å². The Morgan fingerprint density at radius 3 is 2.72 bits per heavy atom. The lowest BCUT2D eigenvalue weighted by molar-refractivity contribution is -0.124. The molecule has 0 saturated carbocycles. The zero-order chi connectivity index (χ0) is 17.8. The van der Waals surface area contributed by atoms with E-state index in [9.17, 15) is 9.59 Å². The molecule has 0 bridgehead atoms. The molecule has 0 fully saturated rings. The predicted molar refractivity (Wildman–Crippen MR) is 99.6 cm³/mol. The SMILES string of the molecule is CC(NC(=O)CN1C(=O)CCOc2ccccc21)c1ccc(Br)cc1. The number of ether oxygens (including phenoxy) is 1. The Balaban J connectivity index is 1.71. The van der Waals surface area contributed by atoms with E-state index in [2.05, 4.69) is 21.2 Å². The van der Waals surface area contributed by atoms with Crippen molar-refractivity contribution in [3.8, 4) is 5.75 Å². The van der Waals surface area contributed by atoms with Gasteiger partial charge in [0.05, 0.1) is 24.8 Å². The number of carbonyl (C=O) groups excluding carboxylic acids is 2. The van der Waals surface area contributed by atoms with Gasteiger partial charge in [-0.05, 0) is 36.8 Å². The van der Waals surface area contributed by atoms with Crippen LogP contribution in [0.15, 0.2) is 53.0 Å². The number of hydrogen-bond donors (Lipinski definition) is 1. The molecule has 0 aliphatic carbocycles. The molecule has 1 aliphatic rings. The van der Waals surface area contributed by atoms with Gasteiger partial charge in [-0.3, -0.25) is 14.5 Å². The number of nitrogens with one attached hydrogen (secondary N) is 1. The lowest BCUT2D eigenvalue weighted by Crippen LogP contribution is -2.41. The number of halogens is 1. The normalized spacial score (nSPS) is 15.0. The molecule has 1 heterocycles. The summed E-state index contributed by atoms with van der Waals surface area (Å²) in [5.74, 6) is 0.305. The number of carbonyl (C=O) groups is 2. The van der Waals surface area contributed by atoms with Crippen molar-refractivity contribution >= 4 is 33.4 Å². The fourth-order valence-electron chi connectivity index (χ4n) is 2.76. The van der Waals surface area contributed by atoms with Crippen molar-refractivity contribution in [1.82, 2.24) is 5.32 Å². The van der Waals surface area contributed by atoms with Crippen molar-refractivity contribution in [2.24, 2.45) is 0 Å². The fraction of sp³-hybridized carbons (Fsp3) is 0.263. The van der Waals surface area contributed by atoms with Gasteiger partial charge in [0.2, 0.25) is 11.8 Å². The first-order chi connectivity index (χ1) is 12.0. The van der Waals surface area contributed by atoms with Gasteiger partial charge in [0, 0.05) is 4.47 Å². The maximum atomic E-state index is 12.5. The van der Waals surface area contributed by atoms with Crippen LogP contribution in [-0.2, 0) is 9.59 Å². The molecule has 1 atom stereocenters.